The van der Waals surface area contributed by atoms with E-state index in [0.717, 1.165) is 9.86 Å². The zero-order valence-corrected chi connectivity index (χ0v) is 12.4. The summed E-state index contributed by atoms with van der Waals surface area (Å²) in [6.07, 6.45) is -4.35. The highest BCUT2D eigenvalue weighted by Gasteiger charge is 2.42. The van der Waals surface area contributed by atoms with Crippen LogP contribution >= 0.6 is 15.9 Å². The van der Waals surface area contributed by atoms with Crippen LogP contribution in [-0.4, -0.2) is 11.2 Å². The maximum absolute atomic E-state index is 13.5. The summed E-state index contributed by atoms with van der Waals surface area (Å²) >= 11 is 3.24. The average Bonchev–Trinajstić information content (AvgIpc) is 2.82. The van der Waals surface area contributed by atoms with Gasteiger partial charge in [-0.25, -0.2) is 0 Å². The van der Waals surface area contributed by atoms with E-state index < -0.39 is 12.1 Å². The predicted octanol–water partition coefficient (Wildman–Crippen LogP) is 5.62. The van der Waals surface area contributed by atoms with Gasteiger partial charge in [0.1, 0.15) is 5.92 Å². The molecule has 0 spiro atoms. The van der Waals surface area contributed by atoms with Crippen molar-refractivity contribution in [3.8, 4) is 0 Å². The Morgan fingerprint density at radius 3 is 2.24 bits per heavy atom. The lowest BCUT2D eigenvalue weighted by Crippen LogP contribution is -2.22. The van der Waals surface area contributed by atoms with E-state index in [1.165, 1.54) is 12.1 Å². The average molecular weight is 354 g/mol. The van der Waals surface area contributed by atoms with Gasteiger partial charge in [-0.05, 0) is 35.2 Å². The molecule has 1 heterocycles. The van der Waals surface area contributed by atoms with Crippen LogP contribution in [0, 0.1) is 0 Å². The van der Waals surface area contributed by atoms with Crippen molar-refractivity contribution in [3.63, 3.8) is 0 Å². The van der Waals surface area contributed by atoms with E-state index in [2.05, 4.69) is 20.9 Å². The highest BCUT2D eigenvalue weighted by Crippen LogP contribution is 2.40. The van der Waals surface area contributed by atoms with Gasteiger partial charge in [-0.15, -0.1) is 0 Å². The Bertz CT molecular complexity index is 726. The zero-order chi connectivity index (χ0) is 15.0. The number of para-hydroxylation sites is 1. The molecule has 3 rings (SSSR count). The molecule has 1 N–H and O–H groups in total. The van der Waals surface area contributed by atoms with Crippen molar-refractivity contribution < 1.29 is 13.2 Å². The molecule has 3 aromatic rings. The fourth-order valence-electron chi connectivity index (χ4n) is 2.45. The highest BCUT2D eigenvalue weighted by atomic mass is 79.9. The number of H-pyrrole nitrogens is 1. The number of rotatable bonds is 2. The van der Waals surface area contributed by atoms with E-state index in [9.17, 15) is 13.2 Å². The van der Waals surface area contributed by atoms with Crippen molar-refractivity contribution in [3.05, 3.63) is 70.3 Å². The van der Waals surface area contributed by atoms with Crippen molar-refractivity contribution in [2.45, 2.75) is 12.1 Å². The molecule has 0 aliphatic carbocycles. The second-order valence-electron chi connectivity index (χ2n) is 4.84. The van der Waals surface area contributed by atoms with Crippen LogP contribution in [0.25, 0.3) is 10.9 Å². The van der Waals surface area contributed by atoms with Crippen molar-refractivity contribution >= 4 is 26.8 Å². The van der Waals surface area contributed by atoms with Gasteiger partial charge in [-0.3, -0.25) is 0 Å². The van der Waals surface area contributed by atoms with Crippen LogP contribution < -0.4 is 0 Å². The molecule has 0 bridgehead atoms. The first kappa shape index (κ1) is 14.2. The van der Waals surface area contributed by atoms with Gasteiger partial charge in [0, 0.05) is 15.7 Å². The van der Waals surface area contributed by atoms with Gasteiger partial charge in [0.15, 0.2) is 0 Å². The van der Waals surface area contributed by atoms with Crippen LogP contribution in [0.1, 0.15) is 17.2 Å². The Labute approximate surface area is 127 Å². The molecular formula is C16H11BrF3N. The van der Waals surface area contributed by atoms with Crippen LogP contribution in [-0.2, 0) is 0 Å². The Morgan fingerprint density at radius 1 is 0.952 bits per heavy atom. The summed E-state index contributed by atoms with van der Waals surface area (Å²) in [5.74, 6) is -1.65. The van der Waals surface area contributed by atoms with Crippen LogP contribution in [0.15, 0.2) is 59.1 Å². The molecule has 21 heavy (non-hydrogen) atoms. The van der Waals surface area contributed by atoms with Gasteiger partial charge in [0.2, 0.25) is 0 Å². The monoisotopic (exact) mass is 353 g/mol. The quantitative estimate of drug-likeness (QED) is 0.614. The summed E-state index contributed by atoms with van der Waals surface area (Å²) in [5.41, 5.74) is 1.09. The number of benzene rings is 2. The second kappa shape index (κ2) is 5.22. The number of halogens is 4. The summed E-state index contributed by atoms with van der Waals surface area (Å²) in [5, 5.41) is 0.777. The summed E-state index contributed by atoms with van der Waals surface area (Å²) < 4.78 is 41.2. The third-order valence-electron chi connectivity index (χ3n) is 3.39. The first-order chi connectivity index (χ1) is 9.95. The molecule has 0 aliphatic heterocycles. The minimum absolute atomic E-state index is 0.158. The summed E-state index contributed by atoms with van der Waals surface area (Å²) in [6, 6.07) is 15.0. The molecule has 0 fully saturated rings. The lowest BCUT2D eigenvalue weighted by atomic mass is 9.95. The number of hydrogen-bond acceptors (Lipinski definition) is 0. The smallest absolute Gasteiger partial charge is 0.358 e. The van der Waals surface area contributed by atoms with Crippen LogP contribution in [0.5, 0.6) is 0 Å². The van der Waals surface area contributed by atoms with Gasteiger partial charge in [-0.2, -0.15) is 13.2 Å². The molecule has 1 atom stereocenters. The highest BCUT2D eigenvalue weighted by molar-refractivity contribution is 9.10. The van der Waals surface area contributed by atoms with Crippen LogP contribution in [0.4, 0.5) is 13.2 Å². The summed E-state index contributed by atoms with van der Waals surface area (Å²) in [4.78, 5) is 2.88. The van der Waals surface area contributed by atoms with E-state index in [1.807, 2.05) is 6.07 Å². The van der Waals surface area contributed by atoms with E-state index in [-0.39, 0.29) is 11.3 Å². The Kier molecular flexibility index (Phi) is 3.53. The third kappa shape index (κ3) is 2.83. The standard InChI is InChI=1S/C16H11BrF3N/c17-12-7-5-10(6-8-12)15(16(18,19)20)14-9-11-3-1-2-4-13(11)21-14/h1-9,15,21H. The Balaban J connectivity index is 2.13. The largest absolute Gasteiger partial charge is 0.401 e. The van der Waals surface area contributed by atoms with Crippen molar-refractivity contribution in [1.82, 2.24) is 4.98 Å². The van der Waals surface area contributed by atoms with Crippen molar-refractivity contribution in [2.24, 2.45) is 0 Å². The molecule has 0 amide bonds. The van der Waals surface area contributed by atoms with Gasteiger partial charge in [0.25, 0.3) is 0 Å². The van der Waals surface area contributed by atoms with E-state index >= 15 is 0 Å². The Hall–Kier alpha value is -1.75. The molecule has 5 heteroatoms. The van der Waals surface area contributed by atoms with Gasteiger partial charge in [0.05, 0.1) is 0 Å². The number of fused-ring (bicyclic) bond motifs is 1. The maximum Gasteiger partial charge on any atom is 0.401 e. The predicted molar refractivity (Wildman–Crippen MR) is 80.3 cm³/mol. The molecule has 1 nitrogen and oxygen atoms in total. The molecule has 0 saturated heterocycles. The van der Waals surface area contributed by atoms with Gasteiger partial charge >= 0.3 is 6.18 Å². The van der Waals surface area contributed by atoms with Crippen molar-refractivity contribution in [1.29, 1.82) is 0 Å². The summed E-state index contributed by atoms with van der Waals surface area (Å²) in [6.45, 7) is 0. The second-order valence-corrected chi connectivity index (χ2v) is 5.75. The van der Waals surface area contributed by atoms with E-state index in [1.54, 1.807) is 36.4 Å². The number of hydrogen-bond donors (Lipinski definition) is 1. The Morgan fingerprint density at radius 2 is 1.62 bits per heavy atom. The zero-order valence-electron chi connectivity index (χ0n) is 10.8. The first-order valence-electron chi connectivity index (χ1n) is 6.35. The molecule has 1 unspecified atom stereocenters. The molecule has 0 radical (unpaired) electrons. The van der Waals surface area contributed by atoms with Crippen LogP contribution in [0.2, 0.25) is 0 Å². The minimum Gasteiger partial charge on any atom is -0.358 e. The number of aromatic amines is 1. The maximum atomic E-state index is 13.5. The summed E-state index contributed by atoms with van der Waals surface area (Å²) in [7, 11) is 0. The number of nitrogens with one attached hydrogen (secondary N) is 1. The third-order valence-corrected chi connectivity index (χ3v) is 3.92. The number of aromatic nitrogens is 1. The number of alkyl halides is 3. The topological polar surface area (TPSA) is 15.8 Å². The van der Waals surface area contributed by atoms with E-state index in [4.69, 9.17) is 0 Å². The molecule has 108 valence electrons. The fourth-order valence-corrected chi connectivity index (χ4v) is 2.72. The lowest BCUT2D eigenvalue weighted by Gasteiger charge is -2.19. The molecule has 0 aliphatic rings. The molecule has 1 aromatic heterocycles. The van der Waals surface area contributed by atoms with Gasteiger partial charge < -0.3 is 4.98 Å². The fraction of sp³-hybridized carbons (Fsp3) is 0.125. The van der Waals surface area contributed by atoms with Crippen LogP contribution in [0.3, 0.4) is 0 Å². The van der Waals surface area contributed by atoms with Crippen molar-refractivity contribution in [2.75, 3.05) is 0 Å². The SMILES string of the molecule is FC(F)(F)C(c1ccc(Br)cc1)c1cc2ccccc2[nH]1. The van der Waals surface area contributed by atoms with Gasteiger partial charge in [-0.1, -0.05) is 46.3 Å². The molecule has 0 saturated carbocycles. The molecular weight excluding hydrogens is 343 g/mol. The van der Waals surface area contributed by atoms with E-state index in [0.29, 0.717) is 5.52 Å². The lowest BCUT2D eigenvalue weighted by molar-refractivity contribution is -0.141. The normalized spacial score (nSPS) is 13.5. The minimum atomic E-state index is -4.35. The first-order valence-corrected chi connectivity index (χ1v) is 7.14. The molecule has 2 aromatic carbocycles.